The van der Waals surface area contributed by atoms with Crippen molar-refractivity contribution in [2.24, 2.45) is 17.6 Å². The summed E-state index contributed by atoms with van der Waals surface area (Å²) in [5.74, 6) is -0.494. The Kier molecular flexibility index (Phi) is 5.02. The second kappa shape index (κ2) is 6.57. The van der Waals surface area contributed by atoms with E-state index in [1.165, 1.54) is 0 Å². The summed E-state index contributed by atoms with van der Waals surface area (Å²) in [6, 6.07) is -0.548. The van der Waals surface area contributed by atoms with Gasteiger partial charge in [-0.1, -0.05) is 19.8 Å². The van der Waals surface area contributed by atoms with E-state index in [1.807, 2.05) is 0 Å². The van der Waals surface area contributed by atoms with Gasteiger partial charge in [0, 0.05) is 18.5 Å². The molecular formula is C15H26N2O3. The molecule has 0 bridgehead atoms. The van der Waals surface area contributed by atoms with Gasteiger partial charge in [0.1, 0.15) is 6.04 Å². The smallest absolute Gasteiger partial charge is 0.326 e. The third-order valence-corrected chi connectivity index (χ3v) is 4.92. The third kappa shape index (κ3) is 3.32. The Bertz CT molecular complexity index is 372. The molecule has 2 fully saturated rings. The molecule has 1 amide bonds. The van der Waals surface area contributed by atoms with Crippen LogP contribution < -0.4 is 5.73 Å². The monoisotopic (exact) mass is 282 g/mol. The van der Waals surface area contributed by atoms with Crippen molar-refractivity contribution in [1.82, 2.24) is 4.90 Å². The predicted molar refractivity (Wildman–Crippen MR) is 76.1 cm³/mol. The number of hydrogen-bond acceptors (Lipinski definition) is 3. The van der Waals surface area contributed by atoms with Gasteiger partial charge in [0.25, 0.3) is 0 Å². The highest BCUT2D eigenvalue weighted by atomic mass is 16.4. The molecule has 4 atom stereocenters. The Labute approximate surface area is 120 Å². The van der Waals surface area contributed by atoms with Gasteiger partial charge in [-0.15, -0.1) is 0 Å². The van der Waals surface area contributed by atoms with Gasteiger partial charge < -0.3 is 15.7 Å². The molecular weight excluding hydrogens is 256 g/mol. The minimum absolute atomic E-state index is 0.0158. The van der Waals surface area contributed by atoms with Gasteiger partial charge in [-0.05, 0) is 38.0 Å². The molecule has 3 N–H and O–H groups in total. The lowest BCUT2D eigenvalue weighted by atomic mass is 9.83. The maximum Gasteiger partial charge on any atom is 0.326 e. The van der Waals surface area contributed by atoms with Crippen LogP contribution in [0.2, 0.25) is 0 Å². The number of piperidine rings is 1. The zero-order valence-electron chi connectivity index (χ0n) is 12.3. The molecule has 1 saturated heterocycles. The van der Waals surface area contributed by atoms with Crippen LogP contribution in [0.25, 0.3) is 0 Å². The molecule has 114 valence electrons. The van der Waals surface area contributed by atoms with E-state index in [1.54, 1.807) is 4.90 Å². The van der Waals surface area contributed by atoms with Crippen molar-refractivity contribution in [3.8, 4) is 0 Å². The molecule has 1 aliphatic heterocycles. The van der Waals surface area contributed by atoms with E-state index in [9.17, 15) is 14.7 Å². The second-order valence-electron chi connectivity index (χ2n) is 6.31. The lowest BCUT2D eigenvalue weighted by Gasteiger charge is -2.40. The summed E-state index contributed by atoms with van der Waals surface area (Å²) in [5.41, 5.74) is 5.94. The quantitative estimate of drug-likeness (QED) is 0.823. The van der Waals surface area contributed by atoms with Crippen LogP contribution in [0.15, 0.2) is 0 Å². The fraction of sp³-hybridized carbons (Fsp3) is 0.867. The molecule has 2 aliphatic rings. The van der Waals surface area contributed by atoms with E-state index in [2.05, 4.69) is 6.92 Å². The molecule has 1 aliphatic carbocycles. The molecule has 4 unspecified atom stereocenters. The van der Waals surface area contributed by atoms with Crippen molar-refractivity contribution < 1.29 is 14.7 Å². The normalized spacial score (nSPS) is 34.8. The van der Waals surface area contributed by atoms with Gasteiger partial charge in [-0.2, -0.15) is 0 Å². The van der Waals surface area contributed by atoms with Crippen molar-refractivity contribution >= 4 is 11.9 Å². The minimum Gasteiger partial charge on any atom is -0.480 e. The Morgan fingerprint density at radius 2 is 2.00 bits per heavy atom. The Hall–Kier alpha value is -1.10. The van der Waals surface area contributed by atoms with Crippen molar-refractivity contribution in [3.05, 3.63) is 0 Å². The summed E-state index contributed by atoms with van der Waals surface area (Å²) in [5, 5.41) is 9.40. The maximum absolute atomic E-state index is 12.6. The standard InChI is InChI=1S/C15H26N2O3/c1-2-10-6-7-17(13(8-10)15(19)20)14(18)11-4-3-5-12(16)9-11/h10-13H,2-9,16H2,1H3,(H,19,20). The average Bonchev–Trinajstić information content (AvgIpc) is 2.45. The highest BCUT2D eigenvalue weighted by Gasteiger charge is 2.38. The molecule has 5 heteroatoms. The fourth-order valence-corrected chi connectivity index (χ4v) is 3.59. The van der Waals surface area contributed by atoms with E-state index in [0.717, 1.165) is 32.1 Å². The van der Waals surface area contributed by atoms with Gasteiger partial charge in [0.15, 0.2) is 0 Å². The van der Waals surface area contributed by atoms with Gasteiger partial charge in [0.05, 0.1) is 0 Å². The van der Waals surface area contributed by atoms with E-state index >= 15 is 0 Å². The molecule has 2 rings (SSSR count). The van der Waals surface area contributed by atoms with Crippen LogP contribution in [0, 0.1) is 11.8 Å². The minimum atomic E-state index is -0.864. The predicted octanol–water partition coefficient (Wildman–Crippen LogP) is 1.61. The number of carboxylic acids is 1. The molecule has 0 radical (unpaired) electrons. The highest BCUT2D eigenvalue weighted by molar-refractivity contribution is 5.85. The Morgan fingerprint density at radius 1 is 1.25 bits per heavy atom. The van der Waals surface area contributed by atoms with Gasteiger partial charge >= 0.3 is 5.97 Å². The topological polar surface area (TPSA) is 83.6 Å². The SMILES string of the molecule is CCC1CCN(C(=O)C2CCCC(N)C2)C(C(=O)O)C1. The third-order valence-electron chi connectivity index (χ3n) is 4.92. The highest BCUT2D eigenvalue weighted by Crippen LogP contribution is 2.30. The van der Waals surface area contributed by atoms with Crippen LogP contribution in [0.3, 0.4) is 0 Å². The first-order chi connectivity index (χ1) is 9.52. The van der Waals surface area contributed by atoms with Gasteiger partial charge in [0.2, 0.25) is 5.91 Å². The number of hydrogen-bond donors (Lipinski definition) is 2. The zero-order valence-corrected chi connectivity index (χ0v) is 12.3. The lowest BCUT2D eigenvalue weighted by Crippen LogP contribution is -2.52. The van der Waals surface area contributed by atoms with E-state index in [4.69, 9.17) is 5.73 Å². The number of nitrogens with zero attached hydrogens (tertiary/aromatic N) is 1. The first-order valence-electron chi connectivity index (χ1n) is 7.81. The summed E-state index contributed by atoms with van der Waals surface area (Å²) in [7, 11) is 0. The van der Waals surface area contributed by atoms with E-state index in [-0.39, 0.29) is 17.9 Å². The van der Waals surface area contributed by atoms with Gasteiger partial charge in [-0.25, -0.2) is 4.79 Å². The molecule has 0 aromatic rings. The van der Waals surface area contributed by atoms with Gasteiger partial charge in [-0.3, -0.25) is 4.79 Å². The zero-order chi connectivity index (χ0) is 14.7. The van der Waals surface area contributed by atoms with Crippen molar-refractivity contribution in [3.63, 3.8) is 0 Å². The molecule has 1 saturated carbocycles. The first-order valence-corrected chi connectivity index (χ1v) is 7.81. The van der Waals surface area contributed by atoms with Crippen LogP contribution in [0.5, 0.6) is 0 Å². The molecule has 5 nitrogen and oxygen atoms in total. The van der Waals surface area contributed by atoms with Crippen molar-refractivity contribution in [2.45, 2.75) is 64.0 Å². The number of carbonyl (C=O) groups excluding carboxylic acids is 1. The fourth-order valence-electron chi connectivity index (χ4n) is 3.59. The Morgan fingerprint density at radius 3 is 2.60 bits per heavy atom. The molecule has 0 spiro atoms. The summed E-state index contributed by atoms with van der Waals surface area (Å²) < 4.78 is 0. The van der Waals surface area contributed by atoms with Crippen LogP contribution in [-0.2, 0) is 9.59 Å². The van der Waals surface area contributed by atoms with E-state index in [0.29, 0.717) is 25.3 Å². The number of aliphatic carboxylic acids is 1. The summed E-state index contributed by atoms with van der Waals surface area (Å²) >= 11 is 0. The maximum atomic E-state index is 12.6. The molecule has 20 heavy (non-hydrogen) atoms. The Balaban J connectivity index is 2.05. The van der Waals surface area contributed by atoms with Crippen LogP contribution in [-0.4, -0.2) is 40.5 Å². The number of likely N-dealkylation sites (tertiary alicyclic amines) is 1. The average molecular weight is 282 g/mol. The number of carboxylic acid groups (broad SMARTS) is 1. The second-order valence-corrected chi connectivity index (χ2v) is 6.31. The largest absolute Gasteiger partial charge is 0.480 e. The van der Waals surface area contributed by atoms with Crippen LogP contribution in [0.1, 0.15) is 51.9 Å². The number of amides is 1. The number of carbonyl (C=O) groups is 2. The number of nitrogens with two attached hydrogens (primary N) is 1. The number of rotatable bonds is 3. The van der Waals surface area contributed by atoms with Crippen LogP contribution in [0.4, 0.5) is 0 Å². The van der Waals surface area contributed by atoms with Crippen molar-refractivity contribution in [1.29, 1.82) is 0 Å². The molecule has 0 aromatic heterocycles. The molecule has 1 heterocycles. The summed E-state index contributed by atoms with van der Waals surface area (Å²) in [4.78, 5) is 25.7. The lowest BCUT2D eigenvalue weighted by molar-refractivity contribution is -0.155. The van der Waals surface area contributed by atoms with Crippen molar-refractivity contribution in [2.75, 3.05) is 6.54 Å². The van der Waals surface area contributed by atoms with E-state index < -0.39 is 12.0 Å². The molecule has 0 aromatic carbocycles. The summed E-state index contributed by atoms with van der Waals surface area (Å²) in [6.45, 7) is 2.67. The summed E-state index contributed by atoms with van der Waals surface area (Å²) in [6.07, 6.45) is 6.01. The first kappa shape index (κ1) is 15.3. The van der Waals surface area contributed by atoms with Crippen LogP contribution >= 0.6 is 0 Å².